The highest BCUT2D eigenvalue weighted by Gasteiger charge is 2.17. The van der Waals surface area contributed by atoms with Crippen molar-refractivity contribution < 1.29 is 13.2 Å². The summed E-state index contributed by atoms with van der Waals surface area (Å²) in [6.45, 7) is 5.27. The zero-order chi connectivity index (χ0) is 19.6. The van der Waals surface area contributed by atoms with Gasteiger partial charge in [-0.25, -0.2) is 8.42 Å². The molecule has 0 saturated heterocycles. The number of sulfonamides is 1. The van der Waals surface area contributed by atoms with Crippen LogP contribution in [-0.2, 0) is 14.8 Å². The average Bonchev–Trinajstić information content (AvgIpc) is 2.59. The molecule has 0 bridgehead atoms. The Balaban J connectivity index is 2.49. The maximum Gasteiger partial charge on any atom is 0.232 e. The fourth-order valence-corrected chi connectivity index (χ4v) is 3.86. The summed E-state index contributed by atoms with van der Waals surface area (Å²) in [5.74, 6) is 0.491. The molecule has 5 nitrogen and oxygen atoms in total. The van der Waals surface area contributed by atoms with Gasteiger partial charge in [-0.15, -0.1) is 0 Å². The SMILES string of the molecule is CCCCC(CC)CNC(=O)CCCN(c1ccc(Cl)cc1)S(C)(=O)=O. The van der Waals surface area contributed by atoms with Crippen molar-refractivity contribution in [2.75, 3.05) is 23.7 Å². The van der Waals surface area contributed by atoms with E-state index in [2.05, 4.69) is 19.2 Å². The van der Waals surface area contributed by atoms with Crippen LogP contribution in [0.4, 0.5) is 5.69 Å². The standard InChI is InChI=1S/C19H31ClN2O3S/c1-4-6-8-16(5-2)15-21-19(23)9-7-14-22(26(3,24)25)18-12-10-17(20)11-13-18/h10-13,16H,4-9,14-15H2,1-3H3,(H,21,23). The third-order valence-electron chi connectivity index (χ3n) is 4.41. The normalized spacial score (nSPS) is 12.6. The van der Waals surface area contributed by atoms with Gasteiger partial charge in [0.05, 0.1) is 11.9 Å². The molecule has 0 fully saturated rings. The molecule has 1 aromatic carbocycles. The second-order valence-electron chi connectivity index (χ2n) is 6.64. The van der Waals surface area contributed by atoms with E-state index in [0.29, 0.717) is 36.0 Å². The maximum absolute atomic E-state index is 12.1. The van der Waals surface area contributed by atoms with Crippen LogP contribution >= 0.6 is 11.6 Å². The Morgan fingerprint density at radius 1 is 1.19 bits per heavy atom. The second-order valence-corrected chi connectivity index (χ2v) is 8.98. The van der Waals surface area contributed by atoms with Crippen molar-refractivity contribution in [1.82, 2.24) is 5.32 Å². The number of nitrogens with one attached hydrogen (secondary N) is 1. The zero-order valence-corrected chi connectivity index (χ0v) is 17.6. The lowest BCUT2D eigenvalue weighted by molar-refractivity contribution is -0.121. The van der Waals surface area contributed by atoms with E-state index in [1.165, 1.54) is 17.0 Å². The van der Waals surface area contributed by atoms with Gasteiger partial charge < -0.3 is 5.32 Å². The molecule has 148 valence electrons. The summed E-state index contributed by atoms with van der Waals surface area (Å²) in [6.07, 6.45) is 6.47. The van der Waals surface area contributed by atoms with E-state index < -0.39 is 10.0 Å². The van der Waals surface area contributed by atoms with E-state index in [1.54, 1.807) is 24.3 Å². The van der Waals surface area contributed by atoms with Crippen LogP contribution in [0.5, 0.6) is 0 Å². The predicted molar refractivity (Wildman–Crippen MR) is 109 cm³/mol. The fourth-order valence-electron chi connectivity index (χ4n) is 2.77. The molecule has 1 N–H and O–H groups in total. The number of amides is 1. The summed E-state index contributed by atoms with van der Waals surface area (Å²) in [7, 11) is -3.41. The molecule has 1 aromatic rings. The van der Waals surface area contributed by atoms with Gasteiger partial charge >= 0.3 is 0 Å². The van der Waals surface area contributed by atoms with Crippen molar-refractivity contribution in [1.29, 1.82) is 0 Å². The Hall–Kier alpha value is -1.27. The van der Waals surface area contributed by atoms with Crippen LogP contribution in [0.3, 0.4) is 0 Å². The van der Waals surface area contributed by atoms with Gasteiger partial charge in [0.1, 0.15) is 0 Å². The molecule has 0 aliphatic heterocycles. The summed E-state index contributed by atoms with van der Waals surface area (Å²) in [5.41, 5.74) is 0.558. The van der Waals surface area contributed by atoms with Crippen molar-refractivity contribution in [3.63, 3.8) is 0 Å². The Morgan fingerprint density at radius 3 is 2.38 bits per heavy atom. The topological polar surface area (TPSA) is 66.5 Å². The van der Waals surface area contributed by atoms with E-state index in [0.717, 1.165) is 19.3 Å². The molecule has 0 saturated carbocycles. The van der Waals surface area contributed by atoms with E-state index in [-0.39, 0.29) is 12.5 Å². The van der Waals surface area contributed by atoms with Gasteiger partial charge in [0, 0.05) is 24.5 Å². The first-order valence-corrected chi connectivity index (χ1v) is 11.5. The molecule has 26 heavy (non-hydrogen) atoms. The molecule has 7 heteroatoms. The van der Waals surface area contributed by atoms with E-state index >= 15 is 0 Å². The summed E-state index contributed by atoms with van der Waals surface area (Å²) in [4.78, 5) is 12.1. The van der Waals surface area contributed by atoms with Gasteiger partial charge in [-0.1, -0.05) is 44.7 Å². The number of rotatable bonds is 12. The highest BCUT2D eigenvalue weighted by atomic mass is 35.5. The molecule has 1 amide bonds. The largest absolute Gasteiger partial charge is 0.356 e. The summed E-state index contributed by atoms with van der Waals surface area (Å²) < 4.78 is 25.4. The fraction of sp³-hybridized carbons (Fsp3) is 0.632. The number of carbonyl (C=O) groups excluding carboxylic acids is 1. The third-order valence-corrected chi connectivity index (χ3v) is 5.86. The molecule has 0 aromatic heterocycles. The average molecular weight is 403 g/mol. The lowest BCUT2D eigenvalue weighted by Crippen LogP contribution is -2.33. The van der Waals surface area contributed by atoms with Crippen LogP contribution in [0, 0.1) is 5.92 Å². The number of hydrogen-bond acceptors (Lipinski definition) is 3. The van der Waals surface area contributed by atoms with Crippen molar-refractivity contribution in [3.05, 3.63) is 29.3 Å². The van der Waals surface area contributed by atoms with Crippen LogP contribution < -0.4 is 9.62 Å². The lowest BCUT2D eigenvalue weighted by Gasteiger charge is -2.22. The minimum absolute atomic E-state index is 0.0236. The highest BCUT2D eigenvalue weighted by Crippen LogP contribution is 2.21. The molecule has 1 atom stereocenters. The van der Waals surface area contributed by atoms with Gasteiger partial charge in [0.25, 0.3) is 0 Å². The third kappa shape index (κ3) is 8.41. The van der Waals surface area contributed by atoms with Crippen LogP contribution in [0.15, 0.2) is 24.3 Å². The quantitative estimate of drug-likeness (QED) is 0.569. The van der Waals surface area contributed by atoms with E-state index in [1.807, 2.05) is 0 Å². The van der Waals surface area contributed by atoms with Crippen LogP contribution in [0.2, 0.25) is 5.02 Å². The van der Waals surface area contributed by atoms with Gasteiger partial charge in [0.2, 0.25) is 15.9 Å². The number of anilines is 1. The van der Waals surface area contributed by atoms with Gasteiger partial charge in [-0.05, 0) is 43.0 Å². The monoisotopic (exact) mass is 402 g/mol. The van der Waals surface area contributed by atoms with Crippen molar-refractivity contribution >= 4 is 33.2 Å². The van der Waals surface area contributed by atoms with E-state index in [4.69, 9.17) is 11.6 Å². The molecule has 0 heterocycles. The number of halogens is 1. The number of nitrogens with zero attached hydrogens (tertiary/aromatic N) is 1. The van der Waals surface area contributed by atoms with Crippen molar-refractivity contribution in [2.45, 2.75) is 52.4 Å². The zero-order valence-electron chi connectivity index (χ0n) is 16.0. The summed E-state index contributed by atoms with van der Waals surface area (Å²) in [5, 5.41) is 3.53. The van der Waals surface area contributed by atoms with Gasteiger partial charge in [0.15, 0.2) is 0 Å². The van der Waals surface area contributed by atoms with Gasteiger partial charge in [-0.3, -0.25) is 9.10 Å². The first kappa shape index (κ1) is 22.8. The lowest BCUT2D eigenvalue weighted by atomic mass is 9.99. The number of carbonyl (C=O) groups is 1. The highest BCUT2D eigenvalue weighted by molar-refractivity contribution is 7.92. The molecule has 1 rings (SSSR count). The Morgan fingerprint density at radius 2 is 1.85 bits per heavy atom. The predicted octanol–water partition coefficient (Wildman–Crippen LogP) is 4.22. The Bertz CT molecular complexity index is 647. The smallest absolute Gasteiger partial charge is 0.232 e. The molecule has 1 unspecified atom stereocenters. The second kappa shape index (κ2) is 11.4. The van der Waals surface area contributed by atoms with E-state index in [9.17, 15) is 13.2 Å². The summed E-state index contributed by atoms with van der Waals surface area (Å²) >= 11 is 5.86. The molecular weight excluding hydrogens is 372 g/mol. The van der Waals surface area contributed by atoms with Crippen LogP contribution in [0.1, 0.15) is 52.4 Å². The van der Waals surface area contributed by atoms with Crippen molar-refractivity contribution in [3.8, 4) is 0 Å². The minimum atomic E-state index is -3.41. The first-order chi connectivity index (χ1) is 12.3. The molecule has 0 spiro atoms. The first-order valence-electron chi connectivity index (χ1n) is 9.27. The van der Waals surface area contributed by atoms with Crippen LogP contribution in [0.25, 0.3) is 0 Å². The molecule has 0 aliphatic rings. The molecular formula is C19H31ClN2O3S. The van der Waals surface area contributed by atoms with Gasteiger partial charge in [-0.2, -0.15) is 0 Å². The Labute approximate surface area is 163 Å². The summed E-state index contributed by atoms with van der Waals surface area (Å²) in [6, 6.07) is 6.65. The maximum atomic E-state index is 12.1. The number of hydrogen-bond donors (Lipinski definition) is 1. The molecule has 0 aliphatic carbocycles. The minimum Gasteiger partial charge on any atom is -0.356 e. The molecule has 0 radical (unpaired) electrons. The number of benzene rings is 1. The van der Waals surface area contributed by atoms with Crippen LogP contribution in [-0.4, -0.2) is 33.7 Å². The van der Waals surface area contributed by atoms with Crippen molar-refractivity contribution in [2.24, 2.45) is 5.92 Å². The Kier molecular flexibility index (Phi) is 10.0. The number of unbranched alkanes of at least 4 members (excludes halogenated alkanes) is 1.